The van der Waals surface area contributed by atoms with Gasteiger partial charge >= 0.3 is 0 Å². The van der Waals surface area contributed by atoms with E-state index in [1.54, 1.807) is 7.11 Å². The maximum atomic E-state index is 6.52. The van der Waals surface area contributed by atoms with Crippen molar-refractivity contribution in [3.8, 4) is 5.75 Å². The predicted octanol–water partition coefficient (Wildman–Crippen LogP) is 7.54. The lowest BCUT2D eigenvalue weighted by atomic mass is 9.84. The molecule has 29 heavy (non-hydrogen) atoms. The smallest absolute Gasteiger partial charge is 0.250 e. The van der Waals surface area contributed by atoms with Crippen molar-refractivity contribution in [1.82, 2.24) is 0 Å². The first-order valence-electron chi connectivity index (χ1n) is 10.6. The van der Waals surface area contributed by atoms with Crippen LogP contribution < -0.4 is 4.43 Å². The molecule has 0 heterocycles. The topological polar surface area (TPSA) is 27.7 Å². The van der Waals surface area contributed by atoms with Crippen LogP contribution in [0.1, 0.15) is 67.9 Å². The van der Waals surface area contributed by atoms with Gasteiger partial charge in [-0.1, -0.05) is 74.4 Å². The normalized spacial score (nSPS) is 14.5. The Balaban J connectivity index is 3.30. The number of hydrogen-bond acceptors (Lipinski definition) is 3. The van der Waals surface area contributed by atoms with Crippen LogP contribution in [0.4, 0.5) is 0 Å². The predicted molar refractivity (Wildman–Crippen MR) is 128 cm³/mol. The molecule has 0 aromatic heterocycles. The average molecular weight is 421 g/mol. The third-order valence-corrected chi connectivity index (χ3v) is 9.80. The van der Waals surface area contributed by atoms with Crippen LogP contribution in [0.5, 0.6) is 5.75 Å². The van der Waals surface area contributed by atoms with Crippen molar-refractivity contribution in [3.05, 3.63) is 35.4 Å². The van der Waals surface area contributed by atoms with Crippen LogP contribution in [-0.2, 0) is 9.47 Å². The third kappa shape index (κ3) is 7.82. The van der Waals surface area contributed by atoms with Crippen LogP contribution in [0.15, 0.2) is 29.8 Å². The molecule has 0 aliphatic carbocycles. The van der Waals surface area contributed by atoms with E-state index in [0.29, 0.717) is 13.2 Å². The van der Waals surface area contributed by atoms with E-state index in [1.807, 2.05) is 12.1 Å². The molecule has 0 radical (unpaired) electrons. The monoisotopic (exact) mass is 420 g/mol. The summed E-state index contributed by atoms with van der Waals surface area (Å²) < 4.78 is 18.5. The molecule has 0 saturated carbocycles. The molecular weight excluding hydrogens is 376 g/mol. The molecule has 4 heteroatoms. The number of methoxy groups -OCH3 is 1. The number of benzene rings is 1. The lowest BCUT2D eigenvalue weighted by Crippen LogP contribution is -2.43. The summed E-state index contributed by atoms with van der Waals surface area (Å²) in [4.78, 5) is 0. The quantitative estimate of drug-likeness (QED) is 0.337. The highest BCUT2D eigenvalue weighted by Gasteiger charge is 2.39. The fourth-order valence-electron chi connectivity index (χ4n) is 2.65. The molecule has 0 fully saturated rings. The van der Waals surface area contributed by atoms with Crippen LogP contribution >= 0.6 is 0 Å². The van der Waals surface area contributed by atoms with Crippen molar-refractivity contribution in [2.24, 2.45) is 10.8 Å². The van der Waals surface area contributed by atoms with E-state index in [1.165, 1.54) is 0 Å². The Labute approximate surface area is 181 Å². The first-order valence-corrected chi connectivity index (χ1v) is 13.5. The maximum absolute atomic E-state index is 6.52. The molecule has 0 N–H and O–H groups in total. The molecular formula is C25H44O3Si. The summed E-state index contributed by atoms with van der Waals surface area (Å²) in [5.41, 5.74) is 2.26. The van der Waals surface area contributed by atoms with Crippen molar-refractivity contribution in [3.63, 3.8) is 0 Å². The lowest BCUT2D eigenvalue weighted by Gasteiger charge is -2.36. The van der Waals surface area contributed by atoms with Crippen molar-refractivity contribution in [1.29, 1.82) is 0 Å². The summed E-state index contributed by atoms with van der Waals surface area (Å²) in [5.74, 6) is 1.79. The van der Waals surface area contributed by atoms with Gasteiger partial charge in [0.1, 0.15) is 11.5 Å². The first kappa shape index (κ1) is 25.8. The molecule has 166 valence electrons. The van der Waals surface area contributed by atoms with Gasteiger partial charge in [-0.15, -0.1) is 0 Å². The van der Waals surface area contributed by atoms with Crippen LogP contribution in [0.25, 0.3) is 5.76 Å². The summed E-state index contributed by atoms with van der Waals surface area (Å²) in [6, 6.07) is 8.29. The van der Waals surface area contributed by atoms with Gasteiger partial charge in [0.05, 0.1) is 20.3 Å². The standard InChI is InChI=1S/C25H44O3Si/c1-23(2,3)18-27-17-21(24(4,5)6)22(26-10)19-14-13-15-20(16-19)28-29(11,12)25(7,8)9/h13-16H,17-18H2,1-12H3/b22-21-. The van der Waals surface area contributed by atoms with Crippen molar-refractivity contribution in [2.75, 3.05) is 20.3 Å². The zero-order valence-corrected chi connectivity index (χ0v) is 21.9. The molecule has 0 amide bonds. The van der Waals surface area contributed by atoms with Gasteiger partial charge in [0.15, 0.2) is 0 Å². The van der Waals surface area contributed by atoms with E-state index >= 15 is 0 Å². The Morgan fingerprint density at radius 2 is 1.52 bits per heavy atom. The molecule has 0 saturated heterocycles. The van der Waals surface area contributed by atoms with E-state index in [9.17, 15) is 0 Å². The fourth-order valence-corrected chi connectivity index (χ4v) is 3.67. The van der Waals surface area contributed by atoms with Gasteiger partial charge in [0.2, 0.25) is 8.32 Å². The zero-order valence-electron chi connectivity index (χ0n) is 20.9. The highest BCUT2D eigenvalue weighted by molar-refractivity contribution is 6.74. The van der Waals surface area contributed by atoms with Gasteiger partial charge in [0.25, 0.3) is 0 Å². The van der Waals surface area contributed by atoms with Gasteiger partial charge in [0, 0.05) is 11.1 Å². The highest BCUT2D eigenvalue weighted by Crippen LogP contribution is 2.39. The SMILES string of the molecule is CO/C(=C(/COCC(C)(C)C)C(C)(C)C)c1cccc(O[Si](C)(C)C(C)(C)C)c1. The average Bonchev–Trinajstić information content (AvgIpc) is 2.51. The third-order valence-electron chi connectivity index (χ3n) is 5.44. The Bertz CT molecular complexity index is 698. The van der Waals surface area contributed by atoms with Crippen LogP contribution in [0.2, 0.25) is 18.1 Å². The van der Waals surface area contributed by atoms with Crippen molar-refractivity contribution < 1.29 is 13.9 Å². The molecule has 1 aromatic rings. The van der Waals surface area contributed by atoms with E-state index in [-0.39, 0.29) is 15.9 Å². The number of ether oxygens (including phenoxy) is 2. The van der Waals surface area contributed by atoms with Gasteiger partial charge in [-0.05, 0) is 41.1 Å². The summed E-state index contributed by atoms with van der Waals surface area (Å²) >= 11 is 0. The Morgan fingerprint density at radius 3 is 1.97 bits per heavy atom. The molecule has 0 aliphatic rings. The second kappa shape index (κ2) is 9.26. The zero-order chi connectivity index (χ0) is 22.7. The Morgan fingerprint density at radius 1 is 0.931 bits per heavy atom. The Hall–Kier alpha value is -1.26. The van der Waals surface area contributed by atoms with Gasteiger partial charge in [-0.3, -0.25) is 0 Å². The maximum Gasteiger partial charge on any atom is 0.250 e. The lowest BCUT2D eigenvalue weighted by molar-refractivity contribution is 0.0787. The summed E-state index contributed by atoms with van der Waals surface area (Å²) in [6.45, 7) is 25.8. The molecule has 3 nitrogen and oxygen atoms in total. The minimum Gasteiger partial charge on any atom is -0.543 e. The molecule has 0 atom stereocenters. The second-order valence-corrected chi connectivity index (χ2v) is 16.4. The molecule has 1 rings (SSSR count). The summed E-state index contributed by atoms with van der Waals surface area (Å²) in [5, 5.41) is 0.153. The van der Waals surface area contributed by atoms with Crippen molar-refractivity contribution >= 4 is 14.1 Å². The van der Waals surface area contributed by atoms with Crippen LogP contribution in [0, 0.1) is 10.8 Å². The minimum absolute atomic E-state index is 0.0699. The number of hydrogen-bond donors (Lipinski definition) is 0. The largest absolute Gasteiger partial charge is 0.543 e. The molecule has 0 bridgehead atoms. The summed E-state index contributed by atoms with van der Waals surface area (Å²) in [6.07, 6.45) is 0. The van der Waals surface area contributed by atoms with Gasteiger partial charge in [-0.2, -0.15) is 0 Å². The highest BCUT2D eigenvalue weighted by atomic mass is 28.4. The van der Waals surface area contributed by atoms with E-state index in [2.05, 4.69) is 87.5 Å². The first-order chi connectivity index (χ1) is 13.0. The summed E-state index contributed by atoms with van der Waals surface area (Å²) in [7, 11) is -0.159. The van der Waals surface area contributed by atoms with E-state index in [4.69, 9.17) is 13.9 Å². The minimum atomic E-state index is -1.90. The fraction of sp³-hybridized carbons (Fsp3) is 0.680. The van der Waals surface area contributed by atoms with Gasteiger partial charge in [-0.25, -0.2) is 0 Å². The second-order valence-electron chi connectivity index (χ2n) is 11.7. The van der Waals surface area contributed by atoms with Crippen molar-refractivity contribution in [2.45, 2.75) is 80.4 Å². The number of rotatable bonds is 7. The van der Waals surface area contributed by atoms with Crippen LogP contribution in [0.3, 0.4) is 0 Å². The molecule has 1 aromatic carbocycles. The van der Waals surface area contributed by atoms with E-state index in [0.717, 1.165) is 22.6 Å². The molecule has 0 aliphatic heterocycles. The Kier molecular flexibility index (Phi) is 8.23. The van der Waals surface area contributed by atoms with Gasteiger partial charge < -0.3 is 13.9 Å². The van der Waals surface area contributed by atoms with Crippen LogP contribution in [-0.4, -0.2) is 28.6 Å². The molecule has 0 unspecified atom stereocenters. The van der Waals surface area contributed by atoms with E-state index < -0.39 is 8.32 Å². The molecule has 0 spiro atoms.